The molecule has 0 aliphatic heterocycles. The van der Waals surface area contributed by atoms with Crippen LogP contribution >= 0.6 is 15.9 Å². The van der Waals surface area contributed by atoms with Gasteiger partial charge in [-0.3, -0.25) is 0 Å². The van der Waals surface area contributed by atoms with Crippen LogP contribution in [0.4, 0.5) is 4.39 Å². The third-order valence-electron chi connectivity index (χ3n) is 2.42. The van der Waals surface area contributed by atoms with Crippen molar-refractivity contribution in [2.45, 2.75) is 26.3 Å². The minimum atomic E-state index is -0.228. The number of hydrogen-bond donors (Lipinski definition) is 1. The molecule has 0 radical (unpaired) electrons. The number of nitrogens with one attached hydrogen (secondary N) is 1. The summed E-state index contributed by atoms with van der Waals surface area (Å²) in [6.07, 6.45) is 1.04. The van der Waals surface area contributed by atoms with Gasteiger partial charge in [-0.1, -0.05) is 22.9 Å². The van der Waals surface area contributed by atoms with Crippen LogP contribution in [0.15, 0.2) is 22.7 Å². The molecule has 0 fully saturated rings. The molecule has 0 spiro atoms. The second-order valence-electron chi connectivity index (χ2n) is 3.87. The quantitative estimate of drug-likeness (QED) is 0.830. The number of benzene rings is 1. The number of hydrogen-bond acceptors (Lipinski definition) is 2. The molecule has 1 rings (SSSR count). The van der Waals surface area contributed by atoms with Gasteiger partial charge in [0.1, 0.15) is 5.82 Å². The van der Waals surface area contributed by atoms with Crippen molar-refractivity contribution in [2.24, 2.45) is 0 Å². The van der Waals surface area contributed by atoms with Crippen LogP contribution in [-0.2, 0) is 4.74 Å². The first-order valence-electron chi connectivity index (χ1n) is 5.94. The van der Waals surface area contributed by atoms with Gasteiger partial charge in [-0.25, -0.2) is 4.39 Å². The zero-order chi connectivity index (χ0) is 12.7. The summed E-state index contributed by atoms with van der Waals surface area (Å²) in [5, 5.41) is 3.36. The van der Waals surface area contributed by atoms with Crippen LogP contribution in [0, 0.1) is 5.82 Å². The first-order valence-corrected chi connectivity index (χ1v) is 6.73. The smallest absolute Gasteiger partial charge is 0.124 e. The highest BCUT2D eigenvalue weighted by Crippen LogP contribution is 2.20. The molecule has 1 aromatic rings. The first-order chi connectivity index (χ1) is 8.17. The molecule has 96 valence electrons. The van der Waals surface area contributed by atoms with Gasteiger partial charge in [-0.05, 0) is 43.7 Å². The molecule has 0 aliphatic carbocycles. The predicted octanol–water partition coefficient (Wildman–Crippen LogP) is 3.67. The topological polar surface area (TPSA) is 21.3 Å². The molecule has 0 aromatic heterocycles. The van der Waals surface area contributed by atoms with Crippen molar-refractivity contribution < 1.29 is 9.13 Å². The van der Waals surface area contributed by atoms with E-state index in [1.165, 1.54) is 6.07 Å². The van der Waals surface area contributed by atoms with Gasteiger partial charge in [-0.2, -0.15) is 0 Å². The molecule has 0 amide bonds. The zero-order valence-corrected chi connectivity index (χ0v) is 11.9. The first kappa shape index (κ1) is 14.6. The minimum Gasteiger partial charge on any atom is -0.380 e. The normalized spacial score (nSPS) is 12.7. The van der Waals surface area contributed by atoms with Crippen molar-refractivity contribution in [1.82, 2.24) is 5.32 Å². The van der Waals surface area contributed by atoms with E-state index in [9.17, 15) is 4.39 Å². The van der Waals surface area contributed by atoms with Crippen molar-refractivity contribution in [1.29, 1.82) is 0 Å². The van der Waals surface area contributed by atoms with Gasteiger partial charge in [0.2, 0.25) is 0 Å². The van der Waals surface area contributed by atoms with Gasteiger partial charge in [0, 0.05) is 11.1 Å². The summed E-state index contributed by atoms with van der Waals surface area (Å²) >= 11 is 3.31. The molecule has 1 atom stereocenters. The van der Waals surface area contributed by atoms with E-state index in [1.54, 1.807) is 6.07 Å². The summed E-state index contributed by atoms with van der Waals surface area (Å²) in [5.74, 6) is -0.228. The van der Waals surface area contributed by atoms with Crippen LogP contribution in [0.25, 0.3) is 0 Å². The Morgan fingerprint density at radius 2 is 2.12 bits per heavy atom. The highest BCUT2D eigenvalue weighted by Gasteiger charge is 2.12. The maximum Gasteiger partial charge on any atom is 0.124 e. The Morgan fingerprint density at radius 3 is 2.71 bits per heavy atom. The van der Waals surface area contributed by atoms with Crippen molar-refractivity contribution in [2.75, 3.05) is 19.8 Å². The molecular weight excluding hydrogens is 285 g/mol. The lowest BCUT2D eigenvalue weighted by Crippen LogP contribution is -2.26. The maximum absolute atomic E-state index is 13.3. The van der Waals surface area contributed by atoms with Crippen LogP contribution in [-0.4, -0.2) is 19.8 Å². The van der Waals surface area contributed by atoms with E-state index in [4.69, 9.17) is 4.74 Å². The van der Waals surface area contributed by atoms with E-state index in [1.807, 2.05) is 13.0 Å². The fraction of sp³-hybridized carbons (Fsp3) is 0.538. The molecule has 1 unspecified atom stereocenters. The van der Waals surface area contributed by atoms with Gasteiger partial charge >= 0.3 is 0 Å². The largest absolute Gasteiger partial charge is 0.380 e. The highest BCUT2D eigenvalue weighted by molar-refractivity contribution is 9.10. The average Bonchev–Trinajstić information content (AvgIpc) is 2.28. The summed E-state index contributed by atoms with van der Waals surface area (Å²) in [4.78, 5) is 0. The lowest BCUT2D eigenvalue weighted by atomic mass is 10.1. The Kier molecular flexibility index (Phi) is 6.70. The molecule has 0 aliphatic rings. The summed E-state index contributed by atoms with van der Waals surface area (Å²) in [7, 11) is 0. The Hall–Kier alpha value is -0.450. The van der Waals surface area contributed by atoms with E-state index in [0.717, 1.165) is 23.0 Å². The van der Waals surface area contributed by atoms with Gasteiger partial charge in [0.15, 0.2) is 0 Å². The van der Waals surface area contributed by atoms with Gasteiger partial charge in [0.05, 0.1) is 12.6 Å². The van der Waals surface area contributed by atoms with Crippen molar-refractivity contribution in [3.63, 3.8) is 0 Å². The van der Waals surface area contributed by atoms with Crippen LogP contribution in [0.3, 0.4) is 0 Å². The molecule has 0 heterocycles. The summed E-state index contributed by atoms with van der Waals surface area (Å²) in [5.41, 5.74) is 0.916. The van der Waals surface area contributed by atoms with E-state index >= 15 is 0 Å². The Bertz CT molecular complexity index is 318. The van der Waals surface area contributed by atoms with E-state index in [0.29, 0.717) is 13.2 Å². The van der Waals surface area contributed by atoms with Crippen LogP contribution < -0.4 is 5.32 Å². The van der Waals surface area contributed by atoms with Crippen LogP contribution in [0.1, 0.15) is 31.9 Å². The molecular formula is C13H19BrFNO. The third kappa shape index (κ3) is 5.15. The fourth-order valence-corrected chi connectivity index (χ4v) is 2.09. The lowest BCUT2D eigenvalue weighted by molar-refractivity contribution is 0.123. The average molecular weight is 304 g/mol. The van der Waals surface area contributed by atoms with Crippen molar-refractivity contribution in [3.8, 4) is 0 Å². The van der Waals surface area contributed by atoms with E-state index in [2.05, 4.69) is 28.2 Å². The highest BCUT2D eigenvalue weighted by atomic mass is 79.9. The van der Waals surface area contributed by atoms with Gasteiger partial charge < -0.3 is 10.1 Å². The second-order valence-corrected chi connectivity index (χ2v) is 4.78. The molecule has 0 saturated heterocycles. The van der Waals surface area contributed by atoms with Gasteiger partial charge in [-0.15, -0.1) is 0 Å². The molecule has 1 N–H and O–H groups in total. The number of ether oxygens (including phenoxy) is 1. The standard InChI is InChI=1S/C13H19BrFNO/c1-3-5-16-13(9-17-4-2)10-6-11(14)8-12(15)7-10/h6-8,13,16H,3-5,9H2,1-2H3. The van der Waals surface area contributed by atoms with Crippen molar-refractivity contribution >= 4 is 15.9 Å². The molecule has 0 saturated carbocycles. The summed E-state index contributed by atoms with van der Waals surface area (Å²) in [6.45, 7) is 6.18. The SMILES string of the molecule is CCCNC(COCC)c1cc(F)cc(Br)c1. The van der Waals surface area contributed by atoms with Crippen molar-refractivity contribution in [3.05, 3.63) is 34.1 Å². The molecule has 4 heteroatoms. The van der Waals surface area contributed by atoms with E-state index in [-0.39, 0.29) is 11.9 Å². The lowest BCUT2D eigenvalue weighted by Gasteiger charge is -2.19. The Balaban J connectivity index is 2.78. The predicted molar refractivity (Wildman–Crippen MR) is 71.6 cm³/mol. The number of halogens is 2. The minimum absolute atomic E-state index is 0.0434. The molecule has 2 nitrogen and oxygen atoms in total. The summed E-state index contributed by atoms with van der Waals surface area (Å²) < 4.78 is 19.5. The third-order valence-corrected chi connectivity index (χ3v) is 2.87. The Morgan fingerprint density at radius 1 is 1.35 bits per heavy atom. The summed E-state index contributed by atoms with van der Waals surface area (Å²) in [6, 6.07) is 4.98. The Labute approximate surface area is 111 Å². The monoisotopic (exact) mass is 303 g/mol. The van der Waals surface area contributed by atoms with E-state index < -0.39 is 0 Å². The fourth-order valence-electron chi connectivity index (χ4n) is 1.60. The zero-order valence-electron chi connectivity index (χ0n) is 10.3. The van der Waals surface area contributed by atoms with Crippen LogP contribution in [0.5, 0.6) is 0 Å². The van der Waals surface area contributed by atoms with Gasteiger partial charge in [0.25, 0.3) is 0 Å². The molecule has 17 heavy (non-hydrogen) atoms. The molecule has 0 bridgehead atoms. The second kappa shape index (κ2) is 7.80. The molecule has 1 aromatic carbocycles. The van der Waals surface area contributed by atoms with Crippen LogP contribution in [0.2, 0.25) is 0 Å². The maximum atomic E-state index is 13.3. The number of rotatable bonds is 7.